The number of carbonyl (C=O) groups excluding carboxylic acids is 1. The molecule has 1 aromatic heterocycles. The molecule has 4 aromatic rings. The maximum atomic E-state index is 13.3. The fourth-order valence-electron chi connectivity index (χ4n) is 2.55. The number of carbonyl (C=O) groups is 1. The molecule has 0 saturated heterocycles. The van der Waals surface area contributed by atoms with Crippen LogP contribution in [0.15, 0.2) is 75.6 Å². The molecule has 0 aliphatic rings. The third-order valence-corrected chi connectivity index (χ3v) is 4.35. The molecule has 0 fully saturated rings. The summed E-state index contributed by atoms with van der Waals surface area (Å²) >= 11 is 3.39. The first-order valence-corrected chi connectivity index (χ1v) is 8.61. The van der Waals surface area contributed by atoms with E-state index in [0.29, 0.717) is 22.7 Å². The molecule has 3 aromatic carbocycles. The van der Waals surface area contributed by atoms with Crippen LogP contribution in [0, 0.1) is 5.82 Å². The second-order valence-corrected chi connectivity index (χ2v) is 6.59. The molecule has 0 unspecified atom stereocenters. The van der Waals surface area contributed by atoms with E-state index in [4.69, 9.17) is 4.42 Å². The fraction of sp³-hybridized carbons (Fsp3) is 0. The van der Waals surface area contributed by atoms with Crippen LogP contribution in [0.4, 0.5) is 10.1 Å². The minimum absolute atomic E-state index is 0.251. The van der Waals surface area contributed by atoms with Gasteiger partial charge in [0.05, 0.1) is 0 Å². The molecule has 0 saturated carbocycles. The van der Waals surface area contributed by atoms with Crippen molar-refractivity contribution in [3.63, 3.8) is 0 Å². The van der Waals surface area contributed by atoms with Crippen LogP contribution in [-0.4, -0.2) is 10.9 Å². The SMILES string of the molecule is O=C(Nc1ccc2oc(-c3ccc(Br)cc3)nc2c1)c1cccc(F)c1. The van der Waals surface area contributed by atoms with Crippen LogP contribution < -0.4 is 5.32 Å². The van der Waals surface area contributed by atoms with Gasteiger partial charge in [-0.3, -0.25) is 4.79 Å². The average molecular weight is 411 g/mol. The van der Waals surface area contributed by atoms with Gasteiger partial charge in [0.2, 0.25) is 5.89 Å². The van der Waals surface area contributed by atoms with Crippen molar-refractivity contribution < 1.29 is 13.6 Å². The van der Waals surface area contributed by atoms with Crippen LogP contribution >= 0.6 is 15.9 Å². The largest absolute Gasteiger partial charge is 0.436 e. The molecule has 0 aliphatic heterocycles. The van der Waals surface area contributed by atoms with Crippen LogP contribution in [-0.2, 0) is 0 Å². The van der Waals surface area contributed by atoms with Crippen molar-refractivity contribution in [1.82, 2.24) is 4.98 Å². The summed E-state index contributed by atoms with van der Waals surface area (Å²) in [7, 11) is 0. The Morgan fingerprint density at radius 3 is 2.62 bits per heavy atom. The third kappa shape index (κ3) is 3.36. The summed E-state index contributed by atoms with van der Waals surface area (Å²) in [6.45, 7) is 0. The summed E-state index contributed by atoms with van der Waals surface area (Å²) in [5.74, 6) is -0.342. The molecular weight excluding hydrogens is 399 g/mol. The normalized spacial score (nSPS) is 10.8. The number of nitrogens with zero attached hydrogens (tertiary/aromatic N) is 1. The lowest BCUT2D eigenvalue weighted by Crippen LogP contribution is -2.11. The summed E-state index contributed by atoms with van der Waals surface area (Å²) in [4.78, 5) is 16.7. The van der Waals surface area contributed by atoms with Crippen molar-refractivity contribution in [2.24, 2.45) is 0 Å². The van der Waals surface area contributed by atoms with E-state index in [-0.39, 0.29) is 11.5 Å². The second-order valence-electron chi connectivity index (χ2n) is 5.67. The molecule has 6 heteroatoms. The summed E-state index contributed by atoms with van der Waals surface area (Å²) < 4.78 is 20.0. The maximum Gasteiger partial charge on any atom is 0.255 e. The molecule has 0 bridgehead atoms. The van der Waals surface area contributed by atoms with Crippen LogP contribution in [0.1, 0.15) is 10.4 Å². The molecule has 4 rings (SSSR count). The lowest BCUT2D eigenvalue weighted by Gasteiger charge is -2.04. The monoisotopic (exact) mass is 410 g/mol. The van der Waals surface area contributed by atoms with Gasteiger partial charge in [-0.2, -0.15) is 0 Å². The van der Waals surface area contributed by atoms with Crippen molar-refractivity contribution >= 4 is 38.6 Å². The van der Waals surface area contributed by atoms with Crippen molar-refractivity contribution in [3.8, 4) is 11.5 Å². The van der Waals surface area contributed by atoms with Gasteiger partial charge >= 0.3 is 0 Å². The van der Waals surface area contributed by atoms with Gasteiger partial charge in [0.15, 0.2) is 5.58 Å². The Hall–Kier alpha value is -2.99. The van der Waals surface area contributed by atoms with Gasteiger partial charge in [-0.15, -0.1) is 0 Å². The quantitative estimate of drug-likeness (QED) is 0.474. The highest BCUT2D eigenvalue weighted by Crippen LogP contribution is 2.27. The first-order chi connectivity index (χ1) is 12.6. The number of hydrogen-bond acceptors (Lipinski definition) is 3. The van der Waals surface area contributed by atoms with E-state index in [1.807, 2.05) is 24.3 Å². The Kier molecular flexibility index (Phi) is 4.26. The molecular formula is C20H12BrFN2O2. The van der Waals surface area contributed by atoms with E-state index >= 15 is 0 Å². The predicted molar refractivity (Wildman–Crippen MR) is 101 cm³/mol. The van der Waals surface area contributed by atoms with E-state index in [9.17, 15) is 9.18 Å². The lowest BCUT2D eigenvalue weighted by molar-refractivity contribution is 0.102. The van der Waals surface area contributed by atoms with Gasteiger partial charge < -0.3 is 9.73 Å². The Balaban J connectivity index is 1.61. The van der Waals surface area contributed by atoms with Gasteiger partial charge in [-0.25, -0.2) is 9.37 Å². The number of rotatable bonds is 3. The molecule has 0 spiro atoms. The Labute approximate surface area is 156 Å². The number of nitrogens with one attached hydrogen (secondary N) is 1. The standard InChI is InChI=1S/C20H12BrFN2O2/c21-14-6-4-12(5-7-14)20-24-17-11-16(8-9-18(17)26-20)23-19(25)13-2-1-3-15(22)10-13/h1-11H,(H,23,25). The average Bonchev–Trinajstić information content (AvgIpc) is 3.05. The van der Waals surface area contributed by atoms with Crippen molar-refractivity contribution in [2.75, 3.05) is 5.32 Å². The fourth-order valence-corrected chi connectivity index (χ4v) is 2.82. The van der Waals surface area contributed by atoms with Crippen molar-refractivity contribution in [1.29, 1.82) is 0 Å². The molecule has 26 heavy (non-hydrogen) atoms. The van der Waals surface area contributed by atoms with Gasteiger partial charge in [0.1, 0.15) is 11.3 Å². The third-order valence-electron chi connectivity index (χ3n) is 3.82. The number of fused-ring (bicyclic) bond motifs is 1. The topological polar surface area (TPSA) is 55.1 Å². The summed E-state index contributed by atoms with van der Waals surface area (Å²) in [5, 5.41) is 2.74. The Morgan fingerprint density at radius 2 is 1.85 bits per heavy atom. The first kappa shape index (κ1) is 16.5. The zero-order chi connectivity index (χ0) is 18.1. The van der Waals surface area contributed by atoms with Gasteiger partial charge in [0.25, 0.3) is 5.91 Å². The number of aromatic nitrogens is 1. The van der Waals surface area contributed by atoms with Crippen molar-refractivity contribution in [2.45, 2.75) is 0 Å². The van der Waals surface area contributed by atoms with Gasteiger partial charge in [-0.05, 0) is 60.7 Å². The highest BCUT2D eigenvalue weighted by atomic mass is 79.9. The molecule has 1 heterocycles. The van der Waals surface area contributed by atoms with E-state index in [2.05, 4.69) is 26.2 Å². The molecule has 1 amide bonds. The molecule has 1 N–H and O–H groups in total. The van der Waals surface area contributed by atoms with E-state index in [0.717, 1.165) is 10.0 Å². The molecule has 0 radical (unpaired) electrons. The molecule has 0 aliphatic carbocycles. The van der Waals surface area contributed by atoms with E-state index < -0.39 is 5.82 Å². The Morgan fingerprint density at radius 1 is 1.04 bits per heavy atom. The second kappa shape index (κ2) is 6.72. The summed E-state index contributed by atoms with van der Waals surface area (Å²) in [6.07, 6.45) is 0. The van der Waals surface area contributed by atoms with E-state index in [1.165, 1.54) is 18.2 Å². The van der Waals surface area contributed by atoms with Crippen LogP contribution in [0.3, 0.4) is 0 Å². The number of hydrogen-bond donors (Lipinski definition) is 1. The molecule has 4 nitrogen and oxygen atoms in total. The number of benzene rings is 3. The minimum atomic E-state index is -0.455. The number of amides is 1. The van der Waals surface area contributed by atoms with Gasteiger partial charge in [-0.1, -0.05) is 22.0 Å². The lowest BCUT2D eigenvalue weighted by atomic mass is 10.2. The van der Waals surface area contributed by atoms with E-state index in [1.54, 1.807) is 24.3 Å². The molecule has 0 atom stereocenters. The number of halogens is 2. The zero-order valence-corrected chi connectivity index (χ0v) is 15.0. The highest BCUT2D eigenvalue weighted by molar-refractivity contribution is 9.10. The minimum Gasteiger partial charge on any atom is -0.436 e. The number of oxazole rings is 1. The highest BCUT2D eigenvalue weighted by Gasteiger charge is 2.11. The van der Waals surface area contributed by atoms with Gasteiger partial charge in [0, 0.05) is 21.3 Å². The smallest absolute Gasteiger partial charge is 0.255 e. The summed E-state index contributed by atoms with van der Waals surface area (Å²) in [5.41, 5.74) is 2.91. The van der Waals surface area contributed by atoms with Crippen LogP contribution in [0.5, 0.6) is 0 Å². The van der Waals surface area contributed by atoms with Crippen LogP contribution in [0.2, 0.25) is 0 Å². The van der Waals surface area contributed by atoms with Crippen LogP contribution in [0.25, 0.3) is 22.6 Å². The molecule has 128 valence electrons. The Bertz CT molecular complexity index is 1110. The maximum absolute atomic E-state index is 13.3. The van der Waals surface area contributed by atoms with Crippen molar-refractivity contribution in [3.05, 3.63) is 82.6 Å². The summed E-state index contributed by atoms with van der Waals surface area (Å²) in [6, 6.07) is 18.3. The number of anilines is 1. The first-order valence-electron chi connectivity index (χ1n) is 7.82. The zero-order valence-electron chi connectivity index (χ0n) is 13.4. The predicted octanol–water partition coefficient (Wildman–Crippen LogP) is 5.65.